The van der Waals surface area contributed by atoms with Gasteiger partial charge in [-0.1, -0.05) is 36.8 Å². The van der Waals surface area contributed by atoms with Crippen LogP contribution in [-0.2, 0) is 19.4 Å². The van der Waals surface area contributed by atoms with E-state index < -0.39 is 0 Å². The molecule has 1 aromatic carbocycles. The standard InChI is InChI=1S/C24H34N4/c25-13-4-1-5-15-28(23-12-6-10-19-11-7-14-26-24(19)23)18-22-16-20-8-2-3-9-21(20)17-27-22/h2-3,7-9,11,14,22-23,27H,1,4-6,10,12-13,15-18,25H2/t22-,23+/m1/s1. The van der Waals surface area contributed by atoms with E-state index in [0.717, 1.165) is 39.0 Å². The summed E-state index contributed by atoms with van der Waals surface area (Å²) in [6, 6.07) is 14.2. The summed E-state index contributed by atoms with van der Waals surface area (Å²) in [5.74, 6) is 0. The zero-order valence-electron chi connectivity index (χ0n) is 16.9. The SMILES string of the molecule is NCCCCCN(C[C@H]1Cc2ccccc2CN1)[C@H]1CCCc2cccnc21. The molecule has 1 aromatic heterocycles. The number of nitrogens with zero attached hydrogens (tertiary/aromatic N) is 2. The molecule has 0 saturated heterocycles. The molecule has 0 saturated carbocycles. The van der Waals surface area contributed by atoms with E-state index in [1.54, 1.807) is 0 Å². The number of fused-ring (bicyclic) bond motifs is 2. The lowest BCUT2D eigenvalue weighted by atomic mass is 9.89. The highest BCUT2D eigenvalue weighted by molar-refractivity contribution is 5.30. The highest BCUT2D eigenvalue weighted by Gasteiger charge is 2.29. The third-order valence-corrected chi connectivity index (χ3v) is 6.38. The molecule has 4 rings (SSSR count). The van der Waals surface area contributed by atoms with E-state index in [-0.39, 0.29) is 0 Å². The van der Waals surface area contributed by atoms with Crippen molar-refractivity contribution in [2.45, 2.75) is 63.6 Å². The molecule has 0 radical (unpaired) electrons. The molecule has 2 aliphatic rings. The van der Waals surface area contributed by atoms with Crippen LogP contribution in [0.15, 0.2) is 42.6 Å². The molecule has 2 heterocycles. The maximum Gasteiger partial charge on any atom is 0.0607 e. The molecule has 2 atom stereocenters. The van der Waals surface area contributed by atoms with Gasteiger partial charge in [0.15, 0.2) is 0 Å². The van der Waals surface area contributed by atoms with Crippen LogP contribution in [0.2, 0.25) is 0 Å². The number of benzene rings is 1. The first-order valence-corrected chi connectivity index (χ1v) is 11.0. The summed E-state index contributed by atoms with van der Waals surface area (Å²) in [5.41, 5.74) is 11.5. The second kappa shape index (κ2) is 9.64. The largest absolute Gasteiger partial charge is 0.330 e. The van der Waals surface area contributed by atoms with Gasteiger partial charge >= 0.3 is 0 Å². The van der Waals surface area contributed by atoms with E-state index in [2.05, 4.69) is 46.6 Å². The number of aryl methyl sites for hydroxylation is 1. The second-order valence-corrected chi connectivity index (χ2v) is 8.35. The normalized spacial score (nSPS) is 21.4. The number of unbranched alkanes of at least 4 members (excludes halogenated alkanes) is 2. The zero-order valence-corrected chi connectivity index (χ0v) is 16.9. The highest BCUT2D eigenvalue weighted by atomic mass is 15.2. The first kappa shape index (κ1) is 19.6. The average molecular weight is 379 g/mol. The predicted molar refractivity (Wildman–Crippen MR) is 115 cm³/mol. The number of pyridine rings is 1. The van der Waals surface area contributed by atoms with Gasteiger partial charge in [-0.05, 0) is 74.4 Å². The Bertz CT molecular complexity index is 760. The summed E-state index contributed by atoms with van der Waals surface area (Å²) >= 11 is 0. The number of rotatable bonds is 8. The molecular weight excluding hydrogens is 344 g/mol. The summed E-state index contributed by atoms with van der Waals surface area (Å²) < 4.78 is 0. The molecule has 4 heteroatoms. The molecule has 0 fully saturated rings. The van der Waals surface area contributed by atoms with Crippen LogP contribution in [0.1, 0.15) is 60.5 Å². The van der Waals surface area contributed by atoms with Crippen molar-refractivity contribution in [3.63, 3.8) is 0 Å². The minimum atomic E-state index is 0.460. The molecule has 150 valence electrons. The smallest absolute Gasteiger partial charge is 0.0607 e. The van der Waals surface area contributed by atoms with Gasteiger partial charge in [-0.3, -0.25) is 9.88 Å². The Kier molecular flexibility index (Phi) is 6.73. The van der Waals surface area contributed by atoms with E-state index in [0.29, 0.717) is 12.1 Å². The van der Waals surface area contributed by atoms with Crippen LogP contribution in [0.4, 0.5) is 0 Å². The van der Waals surface area contributed by atoms with Gasteiger partial charge in [0.1, 0.15) is 0 Å². The Hall–Kier alpha value is -1.75. The number of aromatic nitrogens is 1. The lowest BCUT2D eigenvalue weighted by Gasteiger charge is -2.38. The minimum absolute atomic E-state index is 0.460. The fourth-order valence-electron chi connectivity index (χ4n) is 4.88. The number of hydrogen-bond acceptors (Lipinski definition) is 4. The van der Waals surface area contributed by atoms with Gasteiger partial charge in [0.2, 0.25) is 0 Å². The van der Waals surface area contributed by atoms with Gasteiger partial charge in [-0.25, -0.2) is 0 Å². The Balaban J connectivity index is 1.48. The van der Waals surface area contributed by atoms with Crippen LogP contribution < -0.4 is 11.1 Å². The van der Waals surface area contributed by atoms with Crippen LogP contribution in [0.5, 0.6) is 0 Å². The number of nitrogens with two attached hydrogens (primary N) is 1. The van der Waals surface area contributed by atoms with E-state index >= 15 is 0 Å². The topological polar surface area (TPSA) is 54.2 Å². The molecule has 0 amide bonds. The van der Waals surface area contributed by atoms with Crippen molar-refractivity contribution in [3.05, 3.63) is 65.0 Å². The van der Waals surface area contributed by atoms with Crippen LogP contribution in [-0.4, -0.2) is 35.6 Å². The van der Waals surface area contributed by atoms with E-state index in [9.17, 15) is 0 Å². The molecular formula is C24H34N4. The summed E-state index contributed by atoms with van der Waals surface area (Å²) in [5, 5.41) is 3.79. The number of hydrogen-bond donors (Lipinski definition) is 2. The Morgan fingerprint density at radius 3 is 2.79 bits per heavy atom. The van der Waals surface area contributed by atoms with Crippen LogP contribution in [0, 0.1) is 0 Å². The molecule has 1 aliphatic carbocycles. The monoisotopic (exact) mass is 378 g/mol. The second-order valence-electron chi connectivity index (χ2n) is 8.35. The summed E-state index contributed by atoms with van der Waals surface area (Å²) in [6.45, 7) is 4.02. The van der Waals surface area contributed by atoms with Crippen LogP contribution >= 0.6 is 0 Å². The van der Waals surface area contributed by atoms with E-state index in [1.807, 2.05) is 6.20 Å². The molecule has 0 unspecified atom stereocenters. The van der Waals surface area contributed by atoms with Crippen molar-refractivity contribution in [1.82, 2.24) is 15.2 Å². The third-order valence-electron chi connectivity index (χ3n) is 6.38. The van der Waals surface area contributed by atoms with E-state index in [4.69, 9.17) is 10.7 Å². The van der Waals surface area contributed by atoms with Gasteiger partial charge in [-0.2, -0.15) is 0 Å². The summed E-state index contributed by atoms with van der Waals surface area (Å²) in [7, 11) is 0. The van der Waals surface area contributed by atoms with Crippen LogP contribution in [0.3, 0.4) is 0 Å². The molecule has 0 spiro atoms. The van der Waals surface area contributed by atoms with Crippen LogP contribution in [0.25, 0.3) is 0 Å². The van der Waals surface area contributed by atoms with Gasteiger partial charge in [-0.15, -0.1) is 0 Å². The van der Waals surface area contributed by atoms with Gasteiger partial charge in [0, 0.05) is 25.3 Å². The summed E-state index contributed by atoms with van der Waals surface area (Å²) in [4.78, 5) is 7.53. The summed E-state index contributed by atoms with van der Waals surface area (Å²) in [6.07, 6.45) is 10.3. The first-order chi connectivity index (χ1) is 13.8. The first-order valence-electron chi connectivity index (χ1n) is 11.0. The Morgan fingerprint density at radius 1 is 1.04 bits per heavy atom. The van der Waals surface area contributed by atoms with E-state index in [1.165, 1.54) is 54.5 Å². The fourth-order valence-corrected chi connectivity index (χ4v) is 4.88. The van der Waals surface area contributed by atoms with Crippen molar-refractivity contribution in [2.24, 2.45) is 5.73 Å². The van der Waals surface area contributed by atoms with Crippen molar-refractivity contribution >= 4 is 0 Å². The highest BCUT2D eigenvalue weighted by Crippen LogP contribution is 2.33. The van der Waals surface area contributed by atoms with Crippen molar-refractivity contribution < 1.29 is 0 Å². The fraction of sp³-hybridized carbons (Fsp3) is 0.542. The van der Waals surface area contributed by atoms with Gasteiger partial charge in [0.25, 0.3) is 0 Å². The molecule has 0 bridgehead atoms. The average Bonchev–Trinajstić information content (AvgIpc) is 2.75. The maximum atomic E-state index is 5.71. The quantitative estimate of drug-likeness (QED) is 0.689. The van der Waals surface area contributed by atoms with Crippen molar-refractivity contribution in [2.75, 3.05) is 19.6 Å². The van der Waals surface area contributed by atoms with Gasteiger partial charge in [0.05, 0.1) is 11.7 Å². The molecule has 28 heavy (non-hydrogen) atoms. The zero-order chi connectivity index (χ0) is 19.2. The molecule has 3 N–H and O–H groups in total. The maximum absolute atomic E-state index is 5.71. The van der Waals surface area contributed by atoms with Crippen molar-refractivity contribution in [1.29, 1.82) is 0 Å². The predicted octanol–water partition coefficient (Wildman–Crippen LogP) is 3.60. The number of nitrogens with one attached hydrogen (secondary N) is 1. The Morgan fingerprint density at radius 2 is 1.89 bits per heavy atom. The Labute approximate surface area is 169 Å². The third kappa shape index (κ3) is 4.62. The lowest BCUT2D eigenvalue weighted by molar-refractivity contribution is 0.150. The van der Waals surface area contributed by atoms with Crippen molar-refractivity contribution in [3.8, 4) is 0 Å². The molecule has 2 aromatic rings. The molecule has 1 aliphatic heterocycles. The minimum Gasteiger partial charge on any atom is -0.330 e. The lowest BCUT2D eigenvalue weighted by Crippen LogP contribution is -2.46. The molecule has 4 nitrogen and oxygen atoms in total. The van der Waals surface area contributed by atoms with Gasteiger partial charge < -0.3 is 11.1 Å².